The third-order valence-corrected chi connectivity index (χ3v) is 6.32. The summed E-state index contributed by atoms with van der Waals surface area (Å²) in [6.07, 6.45) is 5.50. The van der Waals surface area contributed by atoms with Gasteiger partial charge in [-0.3, -0.25) is 19.7 Å². The van der Waals surface area contributed by atoms with E-state index in [0.29, 0.717) is 29.3 Å². The Labute approximate surface area is 237 Å². The molecule has 0 unspecified atom stereocenters. The van der Waals surface area contributed by atoms with Crippen LogP contribution in [0.2, 0.25) is 0 Å². The first-order valence-corrected chi connectivity index (χ1v) is 13.3. The van der Waals surface area contributed by atoms with Crippen LogP contribution >= 0.6 is 0 Å². The molecule has 0 aliphatic carbocycles. The van der Waals surface area contributed by atoms with Gasteiger partial charge in [-0.15, -0.1) is 0 Å². The first-order valence-electron chi connectivity index (χ1n) is 13.3. The van der Waals surface area contributed by atoms with Gasteiger partial charge in [0.1, 0.15) is 18.2 Å². The number of rotatable bonds is 12. The van der Waals surface area contributed by atoms with Crippen LogP contribution in [-0.4, -0.2) is 44.5 Å². The van der Waals surface area contributed by atoms with Gasteiger partial charge >= 0.3 is 0 Å². The maximum Gasteiger partial charge on any atom is 0.269 e. The summed E-state index contributed by atoms with van der Waals surface area (Å²) in [7, 11) is 0. The highest BCUT2D eigenvalue weighted by Crippen LogP contribution is 2.25. The van der Waals surface area contributed by atoms with E-state index in [2.05, 4.69) is 10.4 Å². The zero-order valence-corrected chi connectivity index (χ0v) is 22.6. The number of nitro groups is 1. The van der Waals surface area contributed by atoms with E-state index in [9.17, 15) is 24.1 Å². The summed E-state index contributed by atoms with van der Waals surface area (Å²) in [6, 6.07) is 22.8. The van der Waals surface area contributed by atoms with E-state index in [-0.39, 0.29) is 18.1 Å². The molecule has 9 nitrogen and oxygen atoms in total. The Bertz CT molecular complexity index is 1520. The molecule has 1 aromatic heterocycles. The molecule has 0 saturated carbocycles. The number of nitrogens with one attached hydrogen (secondary N) is 1. The molecule has 0 saturated heterocycles. The molecule has 4 rings (SSSR count). The quantitative estimate of drug-likeness (QED) is 0.0961. The van der Waals surface area contributed by atoms with Gasteiger partial charge in [0, 0.05) is 36.4 Å². The predicted octanol–water partition coefficient (Wildman–Crippen LogP) is 6.26. The van der Waals surface area contributed by atoms with Gasteiger partial charge in [-0.25, -0.2) is 9.07 Å². The number of hydrogen-bond donors (Lipinski definition) is 1. The summed E-state index contributed by atoms with van der Waals surface area (Å²) < 4.78 is 15.1. The number of unbranched alkanes of at least 4 members (excludes halogenated alkanes) is 2. The van der Waals surface area contributed by atoms with E-state index < -0.39 is 16.6 Å². The molecule has 210 valence electrons. The number of hydrogen-bond acceptors (Lipinski definition) is 5. The Morgan fingerprint density at radius 1 is 1.02 bits per heavy atom. The van der Waals surface area contributed by atoms with Crippen molar-refractivity contribution in [2.75, 3.05) is 18.4 Å². The van der Waals surface area contributed by atoms with Crippen molar-refractivity contribution >= 4 is 29.4 Å². The van der Waals surface area contributed by atoms with Crippen LogP contribution in [0.4, 0.5) is 15.9 Å². The minimum Gasteiger partial charge on any atom is -0.330 e. The lowest BCUT2D eigenvalue weighted by Crippen LogP contribution is -2.38. The fraction of sp³-hybridized carbons (Fsp3) is 0.194. The monoisotopic (exact) mass is 555 g/mol. The number of non-ortho nitro benzene ring substituents is 1. The summed E-state index contributed by atoms with van der Waals surface area (Å²) >= 11 is 0. The molecule has 41 heavy (non-hydrogen) atoms. The zero-order valence-electron chi connectivity index (χ0n) is 22.6. The van der Waals surface area contributed by atoms with Gasteiger partial charge < -0.3 is 10.2 Å². The van der Waals surface area contributed by atoms with Crippen LogP contribution < -0.4 is 5.32 Å². The number of amides is 2. The molecule has 0 spiro atoms. The topological polar surface area (TPSA) is 110 Å². The second-order valence-electron chi connectivity index (χ2n) is 9.37. The van der Waals surface area contributed by atoms with Gasteiger partial charge in [-0.05, 0) is 54.5 Å². The van der Waals surface area contributed by atoms with Crippen LogP contribution in [0, 0.1) is 15.9 Å². The summed E-state index contributed by atoms with van der Waals surface area (Å²) in [4.78, 5) is 38.2. The van der Waals surface area contributed by atoms with Crippen LogP contribution in [-0.2, 0) is 9.59 Å². The number of nitrogens with zero attached hydrogens (tertiary/aromatic N) is 4. The van der Waals surface area contributed by atoms with E-state index in [0.717, 1.165) is 24.8 Å². The molecule has 0 aliphatic rings. The Hall–Kier alpha value is -5.12. The van der Waals surface area contributed by atoms with Crippen molar-refractivity contribution in [3.05, 3.63) is 113 Å². The molecule has 0 radical (unpaired) electrons. The molecular weight excluding hydrogens is 525 g/mol. The maximum absolute atomic E-state index is 13.6. The minimum absolute atomic E-state index is 0.0401. The van der Waals surface area contributed by atoms with Crippen molar-refractivity contribution in [2.45, 2.75) is 26.2 Å². The van der Waals surface area contributed by atoms with Crippen molar-refractivity contribution in [1.82, 2.24) is 14.7 Å². The molecule has 0 aliphatic heterocycles. The highest BCUT2D eigenvalue weighted by molar-refractivity contribution is 5.98. The summed E-state index contributed by atoms with van der Waals surface area (Å²) in [6.45, 7) is 2.24. The number of aromatic nitrogens is 2. The SMILES string of the molecule is CCCCCN(CC(=O)Nc1cc(-c2ccccc2)nn1-c1ccc(F)cc1)C(=O)C=Cc1ccc([N+](=O)[O-])cc1. The minimum atomic E-state index is -0.489. The molecule has 0 atom stereocenters. The normalized spacial score (nSPS) is 11.0. The highest BCUT2D eigenvalue weighted by Gasteiger charge is 2.18. The van der Waals surface area contributed by atoms with Crippen LogP contribution in [0.25, 0.3) is 23.0 Å². The fourth-order valence-corrected chi connectivity index (χ4v) is 4.15. The van der Waals surface area contributed by atoms with Gasteiger partial charge in [0.15, 0.2) is 0 Å². The summed E-state index contributed by atoms with van der Waals surface area (Å²) in [5, 5.41) is 18.4. The van der Waals surface area contributed by atoms with Crippen LogP contribution in [0.15, 0.2) is 91.0 Å². The van der Waals surface area contributed by atoms with E-state index in [1.54, 1.807) is 36.4 Å². The number of anilines is 1. The molecule has 2 amide bonds. The third-order valence-electron chi connectivity index (χ3n) is 6.32. The van der Waals surface area contributed by atoms with Gasteiger partial charge in [0.05, 0.1) is 16.3 Å². The molecule has 0 fully saturated rings. The number of nitro benzene ring substituents is 1. The Kier molecular flexibility index (Phi) is 9.71. The number of carbonyl (C=O) groups is 2. The lowest BCUT2D eigenvalue weighted by atomic mass is 10.1. The van der Waals surface area contributed by atoms with E-state index in [4.69, 9.17) is 0 Å². The first-order chi connectivity index (χ1) is 19.8. The second kappa shape index (κ2) is 13.8. The zero-order chi connectivity index (χ0) is 29.2. The summed E-state index contributed by atoms with van der Waals surface area (Å²) in [5.41, 5.74) is 2.61. The second-order valence-corrected chi connectivity index (χ2v) is 9.37. The Morgan fingerprint density at radius 3 is 2.39 bits per heavy atom. The van der Waals surface area contributed by atoms with Crippen molar-refractivity contribution < 1.29 is 18.9 Å². The van der Waals surface area contributed by atoms with Crippen molar-refractivity contribution in [3.63, 3.8) is 0 Å². The first kappa shape index (κ1) is 28.9. The maximum atomic E-state index is 13.6. The molecule has 10 heteroatoms. The van der Waals surface area contributed by atoms with Gasteiger partial charge in [0.25, 0.3) is 5.69 Å². The van der Waals surface area contributed by atoms with E-state index in [1.807, 2.05) is 37.3 Å². The summed E-state index contributed by atoms with van der Waals surface area (Å²) in [5.74, 6) is -0.784. The number of benzene rings is 3. The predicted molar refractivity (Wildman–Crippen MR) is 156 cm³/mol. The standard InChI is InChI=1S/C31H30FN5O4/c1-2-3-7-20-35(31(39)19-12-23-10-15-27(16-11-23)37(40)41)22-30(38)33-29-21-28(24-8-5-4-6-9-24)34-36(29)26-17-13-25(32)14-18-26/h4-6,8-19,21H,2-3,7,20,22H2,1H3,(H,33,38). The van der Waals surface area contributed by atoms with Crippen molar-refractivity contribution in [1.29, 1.82) is 0 Å². The largest absolute Gasteiger partial charge is 0.330 e. The van der Waals surface area contributed by atoms with E-state index >= 15 is 0 Å². The van der Waals surface area contributed by atoms with Crippen molar-refractivity contribution in [3.8, 4) is 16.9 Å². The molecular formula is C31H30FN5O4. The van der Waals surface area contributed by atoms with Gasteiger partial charge in [-0.1, -0.05) is 50.1 Å². The van der Waals surface area contributed by atoms with Gasteiger partial charge in [0.2, 0.25) is 11.8 Å². The molecule has 0 bridgehead atoms. The van der Waals surface area contributed by atoms with E-state index in [1.165, 1.54) is 39.9 Å². The molecule has 3 aromatic carbocycles. The average Bonchev–Trinajstić information content (AvgIpc) is 3.40. The average molecular weight is 556 g/mol. The molecule has 4 aromatic rings. The Morgan fingerprint density at radius 2 is 1.73 bits per heavy atom. The van der Waals surface area contributed by atoms with Crippen LogP contribution in [0.3, 0.4) is 0 Å². The number of halogens is 1. The lowest BCUT2D eigenvalue weighted by Gasteiger charge is -2.21. The molecule has 1 N–H and O–H groups in total. The van der Waals surface area contributed by atoms with Gasteiger partial charge in [-0.2, -0.15) is 5.10 Å². The van der Waals surface area contributed by atoms with Crippen LogP contribution in [0.1, 0.15) is 31.7 Å². The Balaban J connectivity index is 1.53. The number of carbonyl (C=O) groups excluding carboxylic acids is 2. The highest BCUT2D eigenvalue weighted by atomic mass is 19.1. The fourth-order valence-electron chi connectivity index (χ4n) is 4.15. The third kappa shape index (κ3) is 7.95. The van der Waals surface area contributed by atoms with Crippen LogP contribution in [0.5, 0.6) is 0 Å². The molecule has 1 heterocycles. The lowest BCUT2D eigenvalue weighted by molar-refractivity contribution is -0.384. The smallest absolute Gasteiger partial charge is 0.269 e. The van der Waals surface area contributed by atoms with Crippen molar-refractivity contribution in [2.24, 2.45) is 0 Å².